The van der Waals surface area contributed by atoms with Crippen LogP contribution in [0.3, 0.4) is 0 Å². The van der Waals surface area contributed by atoms with Crippen LogP contribution in [0, 0.1) is 12.8 Å². The van der Waals surface area contributed by atoms with E-state index in [0.29, 0.717) is 29.8 Å². The number of rotatable bonds is 4. The van der Waals surface area contributed by atoms with E-state index in [1.165, 1.54) is 0 Å². The van der Waals surface area contributed by atoms with Crippen molar-refractivity contribution >= 4 is 34.8 Å². The van der Waals surface area contributed by atoms with E-state index in [4.69, 9.17) is 0 Å². The van der Waals surface area contributed by atoms with Crippen LogP contribution in [0.4, 0.5) is 17.1 Å². The van der Waals surface area contributed by atoms with Crippen LogP contribution in [0.25, 0.3) is 0 Å². The second-order valence-corrected chi connectivity index (χ2v) is 7.17. The van der Waals surface area contributed by atoms with Gasteiger partial charge in [0.25, 0.3) is 5.91 Å². The van der Waals surface area contributed by atoms with Gasteiger partial charge in [0.2, 0.25) is 11.8 Å². The van der Waals surface area contributed by atoms with E-state index >= 15 is 0 Å². The molecule has 3 N–H and O–H groups in total. The Kier molecular flexibility index (Phi) is 4.39. The Bertz CT molecular complexity index is 948. The maximum atomic E-state index is 12.7. The molecule has 6 heteroatoms. The molecule has 6 nitrogen and oxygen atoms in total. The SMILES string of the molecule is Cc1ccc(NC(=O)C2CC2)cc1NC(=O)c1ccc2c(c1)CCC(=O)N2. The molecule has 1 aliphatic heterocycles. The van der Waals surface area contributed by atoms with Crippen LogP contribution >= 0.6 is 0 Å². The maximum Gasteiger partial charge on any atom is 0.255 e. The fourth-order valence-electron chi connectivity index (χ4n) is 3.14. The van der Waals surface area contributed by atoms with Gasteiger partial charge in [-0.25, -0.2) is 0 Å². The summed E-state index contributed by atoms with van der Waals surface area (Å²) < 4.78 is 0. The van der Waals surface area contributed by atoms with Gasteiger partial charge in [0.05, 0.1) is 0 Å². The van der Waals surface area contributed by atoms with Crippen molar-refractivity contribution in [1.82, 2.24) is 0 Å². The monoisotopic (exact) mass is 363 g/mol. The highest BCUT2D eigenvalue weighted by Gasteiger charge is 2.29. The molecule has 1 aliphatic carbocycles. The highest BCUT2D eigenvalue weighted by Crippen LogP contribution is 2.31. The summed E-state index contributed by atoms with van der Waals surface area (Å²) in [4.78, 5) is 36.1. The Morgan fingerprint density at radius 2 is 1.85 bits per heavy atom. The number of fused-ring (bicyclic) bond motifs is 1. The molecule has 0 unspecified atom stereocenters. The summed E-state index contributed by atoms with van der Waals surface area (Å²) in [6.45, 7) is 1.91. The molecule has 2 aromatic carbocycles. The maximum absolute atomic E-state index is 12.7. The lowest BCUT2D eigenvalue weighted by Crippen LogP contribution is -2.20. The zero-order valence-electron chi connectivity index (χ0n) is 15.1. The fourth-order valence-corrected chi connectivity index (χ4v) is 3.14. The second-order valence-electron chi connectivity index (χ2n) is 7.17. The van der Waals surface area contributed by atoms with Gasteiger partial charge in [-0.2, -0.15) is 0 Å². The summed E-state index contributed by atoms with van der Waals surface area (Å²) in [6, 6.07) is 10.8. The first-order valence-corrected chi connectivity index (χ1v) is 9.15. The lowest BCUT2D eigenvalue weighted by molar-refractivity contribution is -0.117. The summed E-state index contributed by atoms with van der Waals surface area (Å²) >= 11 is 0. The third kappa shape index (κ3) is 3.84. The van der Waals surface area contributed by atoms with Crippen LogP contribution in [0.2, 0.25) is 0 Å². The van der Waals surface area contributed by atoms with Crippen LogP contribution in [0.1, 0.15) is 40.7 Å². The number of nitrogens with one attached hydrogen (secondary N) is 3. The molecule has 0 bridgehead atoms. The van der Waals surface area contributed by atoms with Crippen LogP contribution in [-0.2, 0) is 16.0 Å². The number of amides is 3. The van der Waals surface area contributed by atoms with Crippen LogP contribution in [0.5, 0.6) is 0 Å². The third-order valence-electron chi connectivity index (χ3n) is 4.96. The number of benzene rings is 2. The standard InChI is InChI=1S/C21H21N3O3/c1-12-2-7-16(22-20(26)13-3-4-13)11-18(12)24-21(27)15-5-8-17-14(10-15)6-9-19(25)23-17/h2,5,7-8,10-11,13H,3-4,6,9H2,1H3,(H,22,26)(H,23,25)(H,24,27). The Morgan fingerprint density at radius 1 is 1.04 bits per heavy atom. The van der Waals surface area contributed by atoms with Gasteiger partial charge in [-0.1, -0.05) is 6.07 Å². The van der Waals surface area contributed by atoms with Gasteiger partial charge in [-0.05, 0) is 67.6 Å². The first kappa shape index (κ1) is 17.3. The van der Waals surface area contributed by atoms with Crippen molar-refractivity contribution in [2.75, 3.05) is 16.0 Å². The molecular weight excluding hydrogens is 342 g/mol. The van der Waals surface area contributed by atoms with Crippen molar-refractivity contribution in [3.8, 4) is 0 Å². The quantitative estimate of drug-likeness (QED) is 0.777. The number of hydrogen-bond donors (Lipinski definition) is 3. The van der Waals surface area contributed by atoms with Crippen molar-refractivity contribution < 1.29 is 14.4 Å². The Hall–Kier alpha value is -3.15. The predicted molar refractivity (Wildman–Crippen MR) is 104 cm³/mol. The number of carbonyl (C=O) groups excluding carboxylic acids is 3. The van der Waals surface area contributed by atoms with Gasteiger partial charge in [0, 0.05) is 35.0 Å². The number of aryl methyl sites for hydroxylation is 2. The Labute approximate surface area is 157 Å². The topological polar surface area (TPSA) is 87.3 Å². The van der Waals surface area contributed by atoms with Gasteiger partial charge in [-0.3, -0.25) is 14.4 Å². The average molecular weight is 363 g/mol. The van der Waals surface area contributed by atoms with E-state index in [1.807, 2.05) is 25.1 Å². The minimum absolute atomic E-state index is 0.000357. The first-order valence-electron chi connectivity index (χ1n) is 9.15. The molecule has 2 aromatic rings. The zero-order chi connectivity index (χ0) is 19.0. The summed E-state index contributed by atoms with van der Waals surface area (Å²) in [7, 11) is 0. The normalized spacial score (nSPS) is 15.5. The molecule has 4 rings (SSSR count). The summed E-state index contributed by atoms with van der Waals surface area (Å²) in [5.41, 5.74) is 4.53. The largest absolute Gasteiger partial charge is 0.326 e. The van der Waals surface area contributed by atoms with Crippen molar-refractivity contribution in [3.05, 3.63) is 53.1 Å². The van der Waals surface area contributed by atoms with Crippen LogP contribution in [-0.4, -0.2) is 17.7 Å². The molecule has 0 radical (unpaired) electrons. The highest BCUT2D eigenvalue weighted by atomic mass is 16.2. The Morgan fingerprint density at radius 3 is 2.63 bits per heavy atom. The highest BCUT2D eigenvalue weighted by molar-refractivity contribution is 6.06. The van der Waals surface area contributed by atoms with Crippen LogP contribution < -0.4 is 16.0 Å². The van der Waals surface area contributed by atoms with E-state index in [2.05, 4.69) is 16.0 Å². The third-order valence-corrected chi connectivity index (χ3v) is 4.96. The van der Waals surface area contributed by atoms with E-state index in [1.54, 1.807) is 18.2 Å². The van der Waals surface area contributed by atoms with Gasteiger partial charge in [0.15, 0.2) is 0 Å². The van der Waals surface area contributed by atoms with Crippen molar-refractivity contribution in [1.29, 1.82) is 0 Å². The van der Waals surface area contributed by atoms with Crippen molar-refractivity contribution in [3.63, 3.8) is 0 Å². The number of carbonyl (C=O) groups is 3. The Balaban J connectivity index is 1.50. The van der Waals surface area contributed by atoms with Gasteiger partial charge in [0.1, 0.15) is 0 Å². The van der Waals surface area contributed by atoms with Gasteiger partial charge < -0.3 is 16.0 Å². The van der Waals surface area contributed by atoms with Crippen molar-refractivity contribution in [2.45, 2.75) is 32.6 Å². The molecule has 2 aliphatic rings. The molecule has 138 valence electrons. The van der Waals surface area contributed by atoms with Crippen LogP contribution in [0.15, 0.2) is 36.4 Å². The molecule has 0 spiro atoms. The minimum Gasteiger partial charge on any atom is -0.326 e. The predicted octanol–water partition coefficient (Wildman–Crippen LogP) is 3.48. The molecule has 1 fully saturated rings. The van der Waals surface area contributed by atoms with Gasteiger partial charge >= 0.3 is 0 Å². The average Bonchev–Trinajstić information content (AvgIpc) is 3.49. The minimum atomic E-state index is -0.219. The van der Waals surface area contributed by atoms with Crippen molar-refractivity contribution in [2.24, 2.45) is 5.92 Å². The molecule has 0 aromatic heterocycles. The lowest BCUT2D eigenvalue weighted by atomic mass is 10.00. The smallest absolute Gasteiger partial charge is 0.255 e. The molecule has 1 saturated carbocycles. The molecule has 27 heavy (non-hydrogen) atoms. The van der Waals surface area contributed by atoms with E-state index in [0.717, 1.165) is 29.7 Å². The van der Waals surface area contributed by atoms with E-state index < -0.39 is 0 Å². The van der Waals surface area contributed by atoms with E-state index in [9.17, 15) is 14.4 Å². The summed E-state index contributed by atoms with van der Waals surface area (Å²) in [6.07, 6.45) is 2.95. The lowest BCUT2D eigenvalue weighted by Gasteiger charge is -2.17. The molecule has 0 atom stereocenters. The molecular formula is C21H21N3O3. The fraction of sp³-hybridized carbons (Fsp3) is 0.286. The first-order chi connectivity index (χ1) is 13.0. The number of anilines is 3. The molecule has 3 amide bonds. The molecule has 0 saturated heterocycles. The number of hydrogen-bond acceptors (Lipinski definition) is 3. The molecule has 1 heterocycles. The zero-order valence-corrected chi connectivity index (χ0v) is 15.1. The van der Waals surface area contributed by atoms with Gasteiger partial charge in [-0.15, -0.1) is 0 Å². The second kappa shape index (κ2) is 6.87. The van der Waals surface area contributed by atoms with E-state index in [-0.39, 0.29) is 23.6 Å². The summed E-state index contributed by atoms with van der Waals surface area (Å²) in [5.74, 6) is -0.0583. The summed E-state index contributed by atoms with van der Waals surface area (Å²) in [5, 5.41) is 8.64.